The molecule has 2 N–H and O–H groups in total. The van der Waals surface area contributed by atoms with E-state index >= 15 is 0 Å². The molecule has 0 radical (unpaired) electrons. The summed E-state index contributed by atoms with van der Waals surface area (Å²) in [6, 6.07) is 1.61. The van der Waals surface area contributed by atoms with Gasteiger partial charge in [0.25, 0.3) is 0 Å². The van der Waals surface area contributed by atoms with Crippen molar-refractivity contribution in [3.8, 4) is 0 Å². The van der Waals surface area contributed by atoms with Crippen molar-refractivity contribution in [3.63, 3.8) is 0 Å². The number of nitrogens with zero attached hydrogens (tertiary/aromatic N) is 1. The Balaban J connectivity index is 2.38. The van der Waals surface area contributed by atoms with Crippen molar-refractivity contribution in [3.05, 3.63) is 22.4 Å². The van der Waals surface area contributed by atoms with Crippen LogP contribution in [0, 0.1) is 0 Å². The molecule has 2 amide bonds. The second kappa shape index (κ2) is 6.97. The zero-order chi connectivity index (χ0) is 13.5. The maximum absolute atomic E-state index is 11.7. The van der Waals surface area contributed by atoms with Crippen LogP contribution in [0.3, 0.4) is 0 Å². The first kappa shape index (κ1) is 14.5. The first-order valence-electron chi connectivity index (χ1n) is 5.30. The summed E-state index contributed by atoms with van der Waals surface area (Å²) in [6.45, 7) is 0.429. The first-order valence-corrected chi connectivity index (χ1v) is 6.24. The number of rotatable bonds is 6. The van der Waals surface area contributed by atoms with Crippen molar-refractivity contribution in [2.45, 2.75) is 12.6 Å². The molecule has 0 bridgehead atoms. The molecule has 1 aromatic rings. The van der Waals surface area contributed by atoms with E-state index in [0.717, 1.165) is 5.56 Å². The number of carboxylic acids is 1. The molecule has 100 valence electrons. The van der Waals surface area contributed by atoms with Gasteiger partial charge in [-0.15, -0.1) is 0 Å². The van der Waals surface area contributed by atoms with Crippen molar-refractivity contribution < 1.29 is 19.4 Å². The molecular weight excluding hydrogens is 256 g/mol. The lowest BCUT2D eigenvalue weighted by molar-refractivity contribution is -0.148. The highest BCUT2D eigenvalue weighted by Crippen LogP contribution is 2.08. The number of carbonyl (C=O) groups is 2. The van der Waals surface area contributed by atoms with E-state index < -0.39 is 12.1 Å². The second-order valence-corrected chi connectivity index (χ2v) is 4.52. The zero-order valence-electron chi connectivity index (χ0n) is 10.3. The maximum atomic E-state index is 11.7. The van der Waals surface area contributed by atoms with Crippen LogP contribution in [0.25, 0.3) is 0 Å². The van der Waals surface area contributed by atoms with Crippen LogP contribution in [0.15, 0.2) is 16.8 Å². The molecule has 0 aliphatic rings. The van der Waals surface area contributed by atoms with E-state index in [-0.39, 0.29) is 12.6 Å². The molecule has 0 fully saturated rings. The number of amides is 2. The van der Waals surface area contributed by atoms with Crippen LogP contribution in [0.4, 0.5) is 4.79 Å². The molecule has 0 aliphatic heterocycles. The van der Waals surface area contributed by atoms with Crippen LogP contribution in [0.1, 0.15) is 5.56 Å². The summed E-state index contributed by atoms with van der Waals surface area (Å²) in [5.41, 5.74) is 1.04. The summed E-state index contributed by atoms with van der Waals surface area (Å²) in [5.74, 6) is -1.10. The van der Waals surface area contributed by atoms with E-state index in [1.807, 2.05) is 16.8 Å². The highest BCUT2D eigenvalue weighted by molar-refractivity contribution is 7.07. The zero-order valence-corrected chi connectivity index (χ0v) is 11.1. The Morgan fingerprint density at radius 1 is 1.61 bits per heavy atom. The first-order chi connectivity index (χ1) is 8.54. The number of carbonyl (C=O) groups excluding carboxylic acids is 1. The normalized spacial score (nSPS) is 11.9. The number of ether oxygens (including phenoxy) is 1. The Morgan fingerprint density at radius 3 is 2.83 bits per heavy atom. The van der Waals surface area contributed by atoms with Gasteiger partial charge in [0, 0.05) is 20.7 Å². The van der Waals surface area contributed by atoms with E-state index in [9.17, 15) is 9.59 Å². The average Bonchev–Trinajstić information content (AvgIpc) is 2.81. The highest BCUT2D eigenvalue weighted by Gasteiger charge is 2.18. The minimum atomic E-state index is -1.10. The van der Waals surface area contributed by atoms with Crippen molar-refractivity contribution in [2.24, 2.45) is 0 Å². The Kier molecular flexibility index (Phi) is 5.60. The van der Waals surface area contributed by atoms with Crippen LogP contribution in [0.5, 0.6) is 0 Å². The fraction of sp³-hybridized carbons (Fsp3) is 0.455. The predicted octanol–water partition coefficient (Wildman–Crippen LogP) is 0.989. The lowest BCUT2D eigenvalue weighted by Gasteiger charge is -2.19. The second-order valence-electron chi connectivity index (χ2n) is 3.74. The van der Waals surface area contributed by atoms with E-state index in [1.54, 1.807) is 18.4 Å². The van der Waals surface area contributed by atoms with Crippen LogP contribution >= 0.6 is 11.3 Å². The Labute approximate surface area is 109 Å². The molecule has 1 atom stereocenters. The molecule has 0 saturated heterocycles. The monoisotopic (exact) mass is 272 g/mol. The van der Waals surface area contributed by atoms with Gasteiger partial charge in [0.1, 0.15) is 0 Å². The third-order valence-electron chi connectivity index (χ3n) is 2.35. The molecule has 6 nitrogen and oxygen atoms in total. The number of nitrogens with one attached hydrogen (secondary N) is 1. The molecule has 0 aliphatic carbocycles. The fourth-order valence-corrected chi connectivity index (χ4v) is 1.97. The number of urea groups is 1. The Hall–Kier alpha value is -1.60. The summed E-state index contributed by atoms with van der Waals surface area (Å²) in [6.07, 6.45) is -1.02. The SMILES string of the molecule is COC(CNC(=O)N(C)Cc1ccsc1)C(=O)O. The van der Waals surface area contributed by atoms with Crippen LogP contribution in [-0.4, -0.2) is 48.8 Å². The van der Waals surface area contributed by atoms with E-state index in [4.69, 9.17) is 9.84 Å². The minimum Gasteiger partial charge on any atom is -0.479 e. The van der Waals surface area contributed by atoms with Crippen molar-refractivity contribution in [1.82, 2.24) is 10.2 Å². The standard InChI is InChI=1S/C11H16N2O4S/c1-13(6-8-3-4-18-7-8)11(16)12-5-9(17-2)10(14)15/h3-4,7,9H,5-6H2,1-2H3,(H,12,16)(H,14,15). The number of aliphatic carboxylic acids is 1. The molecule has 0 saturated carbocycles. The minimum absolute atomic E-state index is 0.0569. The van der Waals surface area contributed by atoms with Gasteiger partial charge in [-0.25, -0.2) is 9.59 Å². The van der Waals surface area contributed by atoms with Crippen molar-refractivity contribution in [1.29, 1.82) is 0 Å². The van der Waals surface area contributed by atoms with Gasteiger partial charge in [0.15, 0.2) is 6.10 Å². The molecule has 18 heavy (non-hydrogen) atoms. The molecule has 0 spiro atoms. The quantitative estimate of drug-likeness (QED) is 0.809. The largest absolute Gasteiger partial charge is 0.479 e. The van der Waals surface area contributed by atoms with Gasteiger partial charge >= 0.3 is 12.0 Å². The number of hydrogen-bond donors (Lipinski definition) is 2. The van der Waals surface area contributed by atoms with Gasteiger partial charge in [-0.1, -0.05) is 0 Å². The van der Waals surface area contributed by atoms with Gasteiger partial charge in [-0.2, -0.15) is 11.3 Å². The van der Waals surface area contributed by atoms with Crippen molar-refractivity contribution in [2.75, 3.05) is 20.7 Å². The third-order valence-corrected chi connectivity index (χ3v) is 3.08. The van der Waals surface area contributed by atoms with Gasteiger partial charge in [-0.05, 0) is 22.4 Å². The summed E-state index contributed by atoms with van der Waals surface area (Å²) >= 11 is 1.56. The van der Waals surface area contributed by atoms with Gasteiger partial charge in [-0.3, -0.25) is 0 Å². The smallest absolute Gasteiger partial charge is 0.334 e. The highest BCUT2D eigenvalue weighted by atomic mass is 32.1. The van der Waals surface area contributed by atoms with Crippen LogP contribution < -0.4 is 5.32 Å². The maximum Gasteiger partial charge on any atom is 0.334 e. The fourth-order valence-electron chi connectivity index (χ4n) is 1.31. The van der Waals surface area contributed by atoms with E-state index in [1.165, 1.54) is 12.0 Å². The van der Waals surface area contributed by atoms with Gasteiger partial charge in [0.05, 0.1) is 6.54 Å². The molecule has 7 heteroatoms. The molecule has 0 aromatic carbocycles. The summed E-state index contributed by atoms with van der Waals surface area (Å²) in [7, 11) is 2.94. The molecule has 1 aromatic heterocycles. The molecule has 1 rings (SSSR count). The molecule has 1 unspecified atom stereocenters. The number of thiophene rings is 1. The lowest BCUT2D eigenvalue weighted by Crippen LogP contribution is -2.43. The van der Waals surface area contributed by atoms with Gasteiger partial charge < -0.3 is 20.1 Å². The Morgan fingerprint density at radius 2 is 2.33 bits per heavy atom. The third kappa shape index (κ3) is 4.34. The van der Waals surface area contributed by atoms with Crippen LogP contribution in [-0.2, 0) is 16.1 Å². The topological polar surface area (TPSA) is 78.9 Å². The van der Waals surface area contributed by atoms with Crippen LogP contribution in [0.2, 0.25) is 0 Å². The summed E-state index contributed by atoms with van der Waals surface area (Å²) in [4.78, 5) is 23.8. The van der Waals surface area contributed by atoms with E-state index in [0.29, 0.717) is 6.54 Å². The van der Waals surface area contributed by atoms with E-state index in [2.05, 4.69) is 5.32 Å². The predicted molar refractivity (Wildman–Crippen MR) is 67.6 cm³/mol. The number of hydrogen-bond acceptors (Lipinski definition) is 4. The van der Waals surface area contributed by atoms with Crippen molar-refractivity contribution >= 4 is 23.3 Å². The van der Waals surface area contributed by atoms with Gasteiger partial charge in [0.2, 0.25) is 0 Å². The Bertz CT molecular complexity index is 394. The average molecular weight is 272 g/mol. The lowest BCUT2D eigenvalue weighted by atomic mass is 10.3. The number of carboxylic acid groups (broad SMARTS) is 1. The summed E-state index contributed by atoms with van der Waals surface area (Å²) in [5, 5.41) is 15.1. The summed E-state index contributed by atoms with van der Waals surface area (Å²) < 4.78 is 4.72. The molecular formula is C11H16N2O4S. The number of methoxy groups -OCH3 is 1. The molecule has 1 heterocycles.